The van der Waals surface area contributed by atoms with E-state index in [0.717, 1.165) is 18.9 Å². The van der Waals surface area contributed by atoms with Crippen molar-refractivity contribution >= 4 is 5.84 Å². The van der Waals surface area contributed by atoms with Gasteiger partial charge in [-0.25, -0.2) is 0 Å². The molecule has 1 N–H and O–H groups in total. The molecule has 0 aromatic heterocycles. The van der Waals surface area contributed by atoms with E-state index in [0.29, 0.717) is 19.1 Å². The van der Waals surface area contributed by atoms with Crippen molar-refractivity contribution in [2.24, 2.45) is 5.92 Å². The Morgan fingerprint density at radius 2 is 1.62 bits per heavy atom. The van der Waals surface area contributed by atoms with Gasteiger partial charge in [0.05, 0.1) is 19.0 Å². The van der Waals surface area contributed by atoms with Gasteiger partial charge in [0.25, 0.3) is 0 Å². The lowest BCUT2D eigenvalue weighted by molar-refractivity contribution is 0.143. The zero-order valence-electron chi connectivity index (χ0n) is 10.5. The maximum atomic E-state index is 8.21. The van der Waals surface area contributed by atoms with Gasteiger partial charge < -0.3 is 14.4 Å². The Hall–Kier alpha value is -0.610. The number of amidine groups is 1. The number of nitrogens with one attached hydrogen (secondary N) is 1. The van der Waals surface area contributed by atoms with E-state index in [9.17, 15) is 0 Å². The van der Waals surface area contributed by atoms with Crippen LogP contribution in [-0.4, -0.2) is 51.3 Å². The zero-order valence-corrected chi connectivity index (χ0v) is 10.5. The van der Waals surface area contributed by atoms with E-state index in [2.05, 4.69) is 4.90 Å². The fraction of sp³-hybridized carbons (Fsp3) is 0.917. The van der Waals surface area contributed by atoms with Gasteiger partial charge in [-0.1, -0.05) is 12.8 Å². The third-order valence-corrected chi connectivity index (χ3v) is 3.21. The fourth-order valence-electron chi connectivity index (χ4n) is 2.21. The topological polar surface area (TPSA) is 45.6 Å². The molecule has 1 aliphatic rings. The van der Waals surface area contributed by atoms with Crippen LogP contribution in [0.15, 0.2) is 0 Å². The van der Waals surface area contributed by atoms with Crippen molar-refractivity contribution in [3.05, 3.63) is 0 Å². The highest BCUT2D eigenvalue weighted by molar-refractivity contribution is 5.81. The van der Waals surface area contributed by atoms with Crippen LogP contribution in [0, 0.1) is 11.3 Å². The smallest absolute Gasteiger partial charge is 0.0991 e. The second kappa shape index (κ2) is 7.63. The van der Waals surface area contributed by atoms with E-state index < -0.39 is 0 Å². The number of methoxy groups -OCH3 is 2. The first kappa shape index (κ1) is 13.5. The van der Waals surface area contributed by atoms with Crippen molar-refractivity contribution < 1.29 is 9.47 Å². The molecule has 1 aliphatic carbocycles. The Morgan fingerprint density at radius 1 is 1.12 bits per heavy atom. The average molecular weight is 228 g/mol. The van der Waals surface area contributed by atoms with Crippen LogP contribution in [0.25, 0.3) is 0 Å². The van der Waals surface area contributed by atoms with Gasteiger partial charge in [0.2, 0.25) is 0 Å². The minimum absolute atomic E-state index is 0.466. The van der Waals surface area contributed by atoms with Crippen LogP contribution >= 0.6 is 0 Å². The minimum atomic E-state index is 0.466. The van der Waals surface area contributed by atoms with Crippen LogP contribution in [0.2, 0.25) is 0 Å². The van der Waals surface area contributed by atoms with E-state index in [4.69, 9.17) is 14.9 Å². The fourth-order valence-corrected chi connectivity index (χ4v) is 2.21. The molecule has 0 unspecified atom stereocenters. The summed E-state index contributed by atoms with van der Waals surface area (Å²) in [6, 6.07) is 0. The lowest BCUT2D eigenvalue weighted by Gasteiger charge is -2.28. The maximum absolute atomic E-state index is 8.21. The molecule has 0 aromatic rings. The first-order chi connectivity index (χ1) is 7.79. The second-order valence-electron chi connectivity index (χ2n) is 4.34. The van der Waals surface area contributed by atoms with Gasteiger partial charge in [-0.3, -0.25) is 5.41 Å². The van der Waals surface area contributed by atoms with Crippen molar-refractivity contribution in [3.8, 4) is 0 Å². The molecular formula is C12H24N2O2. The lowest BCUT2D eigenvalue weighted by atomic mass is 10.1. The third kappa shape index (κ3) is 4.10. The van der Waals surface area contributed by atoms with E-state index in [1.165, 1.54) is 25.7 Å². The van der Waals surface area contributed by atoms with Gasteiger partial charge in [0.15, 0.2) is 0 Å². The molecule has 0 aliphatic heterocycles. The van der Waals surface area contributed by atoms with Crippen LogP contribution in [-0.2, 0) is 9.47 Å². The summed E-state index contributed by atoms with van der Waals surface area (Å²) in [5.41, 5.74) is 0. The highest BCUT2D eigenvalue weighted by atomic mass is 16.5. The van der Waals surface area contributed by atoms with Gasteiger partial charge in [0, 0.05) is 33.2 Å². The van der Waals surface area contributed by atoms with Crippen molar-refractivity contribution in [2.45, 2.75) is 25.7 Å². The van der Waals surface area contributed by atoms with Gasteiger partial charge in [-0.15, -0.1) is 0 Å². The standard InChI is InChI=1S/C12H24N2O2/c1-15-9-7-14(8-10-16-2)12(13)11-5-3-4-6-11/h11,13H,3-10H2,1-2H3. The highest BCUT2D eigenvalue weighted by Gasteiger charge is 2.23. The van der Waals surface area contributed by atoms with Crippen LogP contribution in [0.5, 0.6) is 0 Å². The molecule has 0 radical (unpaired) electrons. The van der Waals surface area contributed by atoms with E-state index in [1.54, 1.807) is 14.2 Å². The van der Waals surface area contributed by atoms with Crippen LogP contribution in [0.4, 0.5) is 0 Å². The predicted molar refractivity (Wildman–Crippen MR) is 65.0 cm³/mol. The molecule has 1 rings (SSSR count). The van der Waals surface area contributed by atoms with Crippen LogP contribution < -0.4 is 0 Å². The summed E-state index contributed by atoms with van der Waals surface area (Å²) in [5, 5.41) is 8.21. The van der Waals surface area contributed by atoms with E-state index in [1.807, 2.05) is 0 Å². The Kier molecular flexibility index (Phi) is 6.42. The molecule has 1 fully saturated rings. The molecule has 0 heterocycles. The van der Waals surface area contributed by atoms with Gasteiger partial charge >= 0.3 is 0 Å². The minimum Gasteiger partial charge on any atom is -0.383 e. The van der Waals surface area contributed by atoms with Crippen molar-refractivity contribution in [3.63, 3.8) is 0 Å². The molecule has 0 aromatic carbocycles. The molecule has 16 heavy (non-hydrogen) atoms. The van der Waals surface area contributed by atoms with Crippen molar-refractivity contribution in [1.82, 2.24) is 4.90 Å². The number of rotatable bonds is 7. The lowest BCUT2D eigenvalue weighted by Crippen LogP contribution is -2.39. The molecule has 0 saturated heterocycles. The zero-order chi connectivity index (χ0) is 11.8. The van der Waals surface area contributed by atoms with Crippen LogP contribution in [0.3, 0.4) is 0 Å². The van der Waals surface area contributed by atoms with E-state index in [-0.39, 0.29) is 0 Å². The third-order valence-electron chi connectivity index (χ3n) is 3.21. The normalized spacial score (nSPS) is 16.6. The molecule has 94 valence electrons. The highest BCUT2D eigenvalue weighted by Crippen LogP contribution is 2.26. The number of nitrogens with zero attached hydrogens (tertiary/aromatic N) is 1. The molecular weight excluding hydrogens is 204 g/mol. The largest absolute Gasteiger partial charge is 0.383 e. The molecule has 4 heteroatoms. The summed E-state index contributed by atoms with van der Waals surface area (Å²) in [5.74, 6) is 1.25. The second-order valence-corrected chi connectivity index (χ2v) is 4.34. The molecule has 0 bridgehead atoms. The van der Waals surface area contributed by atoms with Crippen molar-refractivity contribution in [1.29, 1.82) is 5.41 Å². The van der Waals surface area contributed by atoms with Gasteiger partial charge in [-0.05, 0) is 12.8 Å². The molecule has 0 amide bonds. The monoisotopic (exact) mass is 228 g/mol. The summed E-state index contributed by atoms with van der Waals surface area (Å²) in [6.07, 6.45) is 4.90. The summed E-state index contributed by atoms with van der Waals surface area (Å²) in [6.45, 7) is 2.96. The molecule has 0 atom stereocenters. The quantitative estimate of drug-likeness (QED) is 0.533. The molecule has 1 saturated carbocycles. The van der Waals surface area contributed by atoms with Crippen LogP contribution in [0.1, 0.15) is 25.7 Å². The SMILES string of the molecule is COCCN(CCOC)C(=N)C1CCCC1. The predicted octanol–water partition coefficient (Wildman–Crippen LogP) is 1.75. The summed E-state index contributed by atoms with van der Waals surface area (Å²) < 4.78 is 10.2. The Labute approximate surface area is 98.4 Å². The Balaban J connectivity index is 2.41. The summed E-state index contributed by atoms with van der Waals surface area (Å²) >= 11 is 0. The first-order valence-corrected chi connectivity index (χ1v) is 6.11. The Morgan fingerprint density at radius 3 is 2.06 bits per heavy atom. The average Bonchev–Trinajstić information content (AvgIpc) is 2.82. The number of ether oxygens (including phenoxy) is 2. The first-order valence-electron chi connectivity index (χ1n) is 6.11. The van der Waals surface area contributed by atoms with Gasteiger partial charge in [-0.2, -0.15) is 0 Å². The molecule has 4 nitrogen and oxygen atoms in total. The number of hydrogen-bond acceptors (Lipinski definition) is 3. The van der Waals surface area contributed by atoms with Gasteiger partial charge in [0.1, 0.15) is 0 Å². The number of hydrogen-bond donors (Lipinski definition) is 1. The van der Waals surface area contributed by atoms with E-state index >= 15 is 0 Å². The molecule has 0 spiro atoms. The summed E-state index contributed by atoms with van der Waals surface area (Å²) in [7, 11) is 3.40. The Bertz CT molecular complexity index is 195. The maximum Gasteiger partial charge on any atom is 0.0991 e. The summed E-state index contributed by atoms with van der Waals surface area (Å²) in [4.78, 5) is 2.10. The van der Waals surface area contributed by atoms with Crippen molar-refractivity contribution in [2.75, 3.05) is 40.5 Å².